The van der Waals surface area contributed by atoms with Gasteiger partial charge in [0.15, 0.2) is 5.82 Å². The highest BCUT2D eigenvalue weighted by Crippen LogP contribution is 2.29. The van der Waals surface area contributed by atoms with Crippen LogP contribution >= 0.6 is 0 Å². The monoisotopic (exact) mass is 489 g/mol. The lowest BCUT2D eigenvalue weighted by Gasteiger charge is -2.38. The minimum absolute atomic E-state index is 0.133. The number of hydrogen-bond donors (Lipinski definition) is 1. The maximum atomic E-state index is 13.5. The highest BCUT2D eigenvalue weighted by atomic mass is 19.1. The zero-order valence-corrected chi connectivity index (χ0v) is 21.0. The van der Waals surface area contributed by atoms with Gasteiger partial charge >= 0.3 is 0 Å². The fourth-order valence-corrected chi connectivity index (χ4v) is 5.25. The molecule has 1 aliphatic rings. The number of benzene rings is 2. The maximum Gasteiger partial charge on any atom is 0.253 e. The van der Waals surface area contributed by atoms with E-state index in [1.54, 1.807) is 16.8 Å². The number of aromatic nitrogens is 5. The van der Waals surface area contributed by atoms with Crippen molar-refractivity contribution in [1.29, 1.82) is 0 Å². The van der Waals surface area contributed by atoms with Crippen LogP contribution in [0, 0.1) is 19.7 Å². The molecule has 0 bridgehead atoms. The van der Waals surface area contributed by atoms with E-state index in [2.05, 4.69) is 56.3 Å². The van der Waals surface area contributed by atoms with E-state index in [1.165, 1.54) is 12.1 Å². The van der Waals surface area contributed by atoms with E-state index in [0.29, 0.717) is 17.9 Å². The maximum absolute atomic E-state index is 13.5. The molecule has 1 fully saturated rings. The summed E-state index contributed by atoms with van der Waals surface area (Å²) in [6.07, 6.45) is 1.11. The summed E-state index contributed by atoms with van der Waals surface area (Å²) in [5, 5.41) is 13.6. The van der Waals surface area contributed by atoms with Crippen LogP contribution < -0.4 is 5.56 Å². The Morgan fingerprint density at radius 2 is 1.81 bits per heavy atom. The number of nitrogens with one attached hydrogen (secondary N) is 1. The number of nitrogens with zero attached hydrogens (tertiary/aromatic N) is 6. The molecule has 5 rings (SSSR count). The standard InChI is InChI=1S/C27H32FN7O/c1-4-9-33-10-12-34(13-11-33)25(23-16-21-15-18(2)14-19(3)24(21)29-27(23)36)26-30-31-32-35(26)17-20-5-7-22(28)8-6-20/h5-8,14-16,25H,4,9-13,17H2,1-3H3,(H,29,36). The zero-order valence-electron chi connectivity index (χ0n) is 21.0. The second-order valence-electron chi connectivity index (χ2n) is 9.70. The number of pyridine rings is 1. The third kappa shape index (κ3) is 4.94. The van der Waals surface area contributed by atoms with Gasteiger partial charge in [-0.15, -0.1) is 5.10 Å². The number of halogens is 1. The summed E-state index contributed by atoms with van der Waals surface area (Å²) < 4.78 is 15.2. The summed E-state index contributed by atoms with van der Waals surface area (Å²) in [4.78, 5) is 21.4. The van der Waals surface area contributed by atoms with Crippen molar-refractivity contribution in [3.63, 3.8) is 0 Å². The Balaban J connectivity index is 1.58. The molecule has 1 atom stereocenters. The van der Waals surface area contributed by atoms with Gasteiger partial charge in [0.25, 0.3) is 5.56 Å². The molecule has 0 spiro atoms. The van der Waals surface area contributed by atoms with Gasteiger partial charge in [0.2, 0.25) is 0 Å². The Bertz CT molecular complexity index is 1400. The first kappa shape index (κ1) is 24.3. The average molecular weight is 490 g/mol. The quantitative estimate of drug-likeness (QED) is 0.428. The predicted molar refractivity (Wildman–Crippen MR) is 138 cm³/mol. The Morgan fingerprint density at radius 3 is 2.53 bits per heavy atom. The van der Waals surface area contributed by atoms with Crippen LogP contribution in [0.25, 0.3) is 10.9 Å². The fraction of sp³-hybridized carbons (Fsp3) is 0.407. The molecule has 0 radical (unpaired) electrons. The fourth-order valence-electron chi connectivity index (χ4n) is 5.25. The summed E-state index contributed by atoms with van der Waals surface area (Å²) in [6.45, 7) is 11.2. The summed E-state index contributed by atoms with van der Waals surface area (Å²) in [6, 6.07) is 12.1. The zero-order chi connectivity index (χ0) is 25.2. The lowest BCUT2D eigenvalue weighted by atomic mass is 10.00. The van der Waals surface area contributed by atoms with Crippen molar-refractivity contribution in [2.24, 2.45) is 0 Å². The molecule has 8 nitrogen and oxygen atoms in total. The van der Waals surface area contributed by atoms with Gasteiger partial charge in [-0.05, 0) is 78.0 Å². The second kappa shape index (κ2) is 10.3. The van der Waals surface area contributed by atoms with Crippen LogP contribution in [-0.2, 0) is 6.54 Å². The summed E-state index contributed by atoms with van der Waals surface area (Å²) in [5.41, 5.74) is 4.42. The molecule has 3 heterocycles. The van der Waals surface area contributed by atoms with Gasteiger partial charge in [0.05, 0.1) is 12.1 Å². The van der Waals surface area contributed by atoms with Crippen molar-refractivity contribution in [2.45, 2.75) is 39.8 Å². The molecule has 1 unspecified atom stereocenters. The van der Waals surface area contributed by atoms with Gasteiger partial charge in [-0.2, -0.15) is 0 Å². The van der Waals surface area contributed by atoms with Crippen molar-refractivity contribution in [3.8, 4) is 0 Å². The third-order valence-corrected chi connectivity index (χ3v) is 6.98. The SMILES string of the molecule is CCCN1CCN(C(c2cc3cc(C)cc(C)c3[nH]c2=O)c2nnnn2Cc2ccc(F)cc2)CC1. The van der Waals surface area contributed by atoms with Crippen LogP contribution in [0.15, 0.2) is 47.3 Å². The van der Waals surface area contributed by atoms with E-state index in [0.717, 1.165) is 66.7 Å². The molecule has 0 amide bonds. The molecule has 0 aliphatic carbocycles. The van der Waals surface area contributed by atoms with Crippen LogP contribution in [0.1, 0.15) is 47.5 Å². The third-order valence-electron chi connectivity index (χ3n) is 6.98. The number of rotatable bonds is 7. The first-order valence-corrected chi connectivity index (χ1v) is 12.5. The van der Waals surface area contributed by atoms with E-state index in [1.807, 2.05) is 13.0 Å². The van der Waals surface area contributed by atoms with E-state index >= 15 is 0 Å². The molecular weight excluding hydrogens is 457 g/mol. The smallest absolute Gasteiger partial charge is 0.253 e. The van der Waals surface area contributed by atoms with Gasteiger partial charge < -0.3 is 9.88 Å². The molecule has 36 heavy (non-hydrogen) atoms. The second-order valence-corrected chi connectivity index (χ2v) is 9.70. The van der Waals surface area contributed by atoms with Crippen molar-refractivity contribution in [2.75, 3.05) is 32.7 Å². The van der Waals surface area contributed by atoms with Crippen LogP contribution in [-0.4, -0.2) is 67.7 Å². The van der Waals surface area contributed by atoms with Crippen LogP contribution in [0.4, 0.5) is 4.39 Å². The molecule has 188 valence electrons. The van der Waals surface area contributed by atoms with Crippen LogP contribution in [0.3, 0.4) is 0 Å². The topological polar surface area (TPSA) is 82.9 Å². The number of aromatic amines is 1. The number of piperazine rings is 1. The molecule has 2 aromatic carbocycles. The molecule has 1 saturated heterocycles. The van der Waals surface area contributed by atoms with Gasteiger partial charge in [-0.1, -0.05) is 30.7 Å². The number of aryl methyl sites for hydroxylation is 2. The minimum atomic E-state index is -0.404. The van der Waals surface area contributed by atoms with Gasteiger partial charge in [0, 0.05) is 31.7 Å². The minimum Gasteiger partial charge on any atom is -0.321 e. The normalized spacial score (nSPS) is 16.0. The molecule has 9 heteroatoms. The predicted octanol–water partition coefficient (Wildman–Crippen LogP) is 3.44. The van der Waals surface area contributed by atoms with Crippen molar-refractivity contribution >= 4 is 10.9 Å². The van der Waals surface area contributed by atoms with Crippen molar-refractivity contribution < 1.29 is 4.39 Å². The average Bonchev–Trinajstić information content (AvgIpc) is 3.30. The summed E-state index contributed by atoms with van der Waals surface area (Å²) >= 11 is 0. The van der Waals surface area contributed by atoms with E-state index in [4.69, 9.17) is 0 Å². The molecule has 2 aromatic heterocycles. The highest BCUT2D eigenvalue weighted by Gasteiger charge is 2.32. The number of hydrogen-bond acceptors (Lipinski definition) is 6. The van der Waals surface area contributed by atoms with E-state index in [9.17, 15) is 9.18 Å². The highest BCUT2D eigenvalue weighted by molar-refractivity contribution is 5.83. The summed E-state index contributed by atoms with van der Waals surface area (Å²) in [5.74, 6) is 0.323. The molecule has 0 saturated carbocycles. The largest absolute Gasteiger partial charge is 0.321 e. The first-order chi connectivity index (χ1) is 17.4. The van der Waals surface area contributed by atoms with E-state index in [-0.39, 0.29) is 11.4 Å². The summed E-state index contributed by atoms with van der Waals surface area (Å²) in [7, 11) is 0. The van der Waals surface area contributed by atoms with Crippen molar-refractivity contribution in [3.05, 3.63) is 86.7 Å². The van der Waals surface area contributed by atoms with Gasteiger partial charge in [-0.3, -0.25) is 9.69 Å². The lowest BCUT2D eigenvalue weighted by Crippen LogP contribution is -2.49. The Labute approximate surface area is 209 Å². The Hall–Kier alpha value is -3.43. The lowest BCUT2D eigenvalue weighted by molar-refractivity contribution is 0.104. The number of H-pyrrole nitrogens is 1. The van der Waals surface area contributed by atoms with Crippen LogP contribution in [0.2, 0.25) is 0 Å². The number of tetrazole rings is 1. The van der Waals surface area contributed by atoms with Gasteiger partial charge in [0.1, 0.15) is 11.9 Å². The van der Waals surface area contributed by atoms with Gasteiger partial charge in [-0.25, -0.2) is 9.07 Å². The number of fused-ring (bicyclic) bond motifs is 1. The molecule has 4 aromatic rings. The van der Waals surface area contributed by atoms with Crippen molar-refractivity contribution in [1.82, 2.24) is 35.0 Å². The molecular formula is C27H32FN7O. The Kier molecular flexibility index (Phi) is 6.93. The van der Waals surface area contributed by atoms with Crippen LogP contribution in [0.5, 0.6) is 0 Å². The molecule has 1 aliphatic heterocycles. The molecule has 1 N–H and O–H groups in total. The Morgan fingerprint density at radius 1 is 1.06 bits per heavy atom. The van der Waals surface area contributed by atoms with E-state index < -0.39 is 6.04 Å². The first-order valence-electron chi connectivity index (χ1n) is 12.5.